The molecule has 164 valence electrons. The third kappa shape index (κ3) is 4.40. The first-order chi connectivity index (χ1) is 16.2. The Morgan fingerprint density at radius 2 is 1.70 bits per heavy atom. The second-order valence-electron chi connectivity index (χ2n) is 8.50. The number of likely N-dealkylation sites (tertiary alicyclic amines) is 1. The fourth-order valence-electron chi connectivity index (χ4n) is 4.55. The molecule has 1 unspecified atom stereocenters. The zero-order valence-corrected chi connectivity index (χ0v) is 18.7. The monoisotopic (exact) mass is 434 g/mol. The number of aryl methyl sites for hydroxylation is 1. The number of nitrogens with zero attached hydrogens (tertiary/aromatic N) is 4. The predicted molar refractivity (Wildman–Crippen MR) is 130 cm³/mol. The maximum atomic E-state index is 13.3. The highest BCUT2D eigenvalue weighted by Crippen LogP contribution is 2.34. The molecular formula is C28H26N4O. The van der Waals surface area contributed by atoms with Crippen molar-refractivity contribution in [3.05, 3.63) is 102 Å². The molecule has 2 aromatic carbocycles. The zero-order chi connectivity index (χ0) is 22.6. The Hall–Kier alpha value is -3.86. The van der Waals surface area contributed by atoms with Crippen LogP contribution in [-0.2, 0) is 0 Å². The van der Waals surface area contributed by atoms with Crippen LogP contribution in [0.2, 0.25) is 0 Å². The average molecular weight is 435 g/mol. The van der Waals surface area contributed by atoms with Crippen LogP contribution in [0.4, 0.5) is 0 Å². The van der Waals surface area contributed by atoms with E-state index in [0.717, 1.165) is 52.9 Å². The van der Waals surface area contributed by atoms with Crippen LogP contribution in [0.15, 0.2) is 85.3 Å². The van der Waals surface area contributed by atoms with Crippen molar-refractivity contribution < 1.29 is 4.79 Å². The number of hydrogen-bond donors (Lipinski definition) is 0. The van der Waals surface area contributed by atoms with Crippen LogP contribution < -0.4 is 0 Å². The summed E-state index contributed by atoms with van der Waals surface area (Å²) in [6, 6.07) is 21.8. The molecule has 5 heteroatoms. The third-order valence-electron chi connectivity index (χ3n) is 6.31. The zero-order valence-electron chi connectivity index (χ0n) is 18.7. The van der Waals surface area contributed by atoms with E-state index in [2.05, 4.69) is 9.97 Å². The fraction of sp³-hybridized carbons (Fsp3) is 0.214. The number of carbonyl (C=O) groups is 1. The van der Waals surface area contributed by atoms with Crippen molar-refractivity contribution in [3.63, 3.8) is 0 Å². The van der Waals surface area contributed by atoms with E-state index in [1.807, 2.05) is 84.8 Å². The van der Waals surface area contributed by atoms with Gasteiger partial charge in [0.2, 0.25) is 0 Å². The van der Waals surface area contributed by atoms with Gasteiger partial charge in [-0.05, 0) is 49.1 Å². The van der Waals surface area contributed by atoms with Gasteiger partial charge in [-0.25, -0.2) is 9.97 Å². The van der Waals surface area contributed by atoms with E-state index in [-0.39, 0.29) is 11.8 Å². The van der Waals surface area contributed by atoms with Crippen molar-refractivity contribution in [1.29, 1.82) is 0 Å². The number of pyridine rings is 1. The van der Waals surface area contributed by atoms with Gasteiger partial charge in [0.15, 0.2) is 5.82 Å². The Bertz CT molecular complexity index is 1260. The van der Waals surface area contributed by atoms with Crippen LogP contribution in [0.5, 0.6) is 0 Å². The second kappa shape index (κ2) is 9.33. The molecule has 5 rings (SSSR count). The lowest BCUT2D eigenvalue weighted by Crippen LogP contribution is -2.39. The second-order valence-corrected chi connectivity index (χ2v) is 8.50. The van der Waals surface area contributed by atoms with Crippen molar-refractivity contribution in [1.82, 2.24) is 19.9 Å². The summed E-state index contributed by atoms with van der Waals surface area (Å²) in [6.07, 6.45) is 7.43. The number of piperidine rings is 1. The molecule has 1 amide bonds. The fourth-order valence-corrected chi connectivity index (χ4v) is 4.55. The Kier molecular flexibility index (Phi) is 5.94. The summed E-state index contributed by atoms with van der Waals surface area (Å²) in [5.74, 6) is 0.951. The summed E-state index contributed by atoms with van der Waals surface area (Å²) < 4.78 is 0. The van der Waals surface area contributed by atoms with Crippen molar-refractivity contribution in [2.45, 2.75) is 25.7 Å². The lowest BCUT2D eigenvalue weighted by atomic mass is 9.89. The van der Waals surface area contributed by atoms with Crippen LogP contribution in [-0.4, -0.2) is 38.8 Å². The minimum Gasteiger partial charge on any atom is -0.338 e. The summed E-state index contributed by atoms with van der Waals surface area (Å²) in [5, 5.41) is 0. The molecular weight excluding hydrogens is 408 g/mol. The molecule has 4 aromatic rings. The highest BCUT2D eigenvalue weighted by Gasteiger charge is 2.29. The first-order valence-electron chi connectivity index (χ1n) is 11.4. The summed E-state index contributed by atoms with van der Waals surface area (Å²) in [5.41, 5.74) is 5.82. The van der Waals surface area contributed by atoms with Crippen molar-refractivity contribution >= 4 is 5.91 Å². The molecule has 1 aliphatic rings. The largest absolute Gasteiger partial charge is 0.338 e. The summed E-state index contributed by atoms with van der Waals surface area (Å²) in [4.78, 5) is 29.2. The van der Waals surface area contributed by atoms with Crippen LogP contribution in [0.3, 0.4) is 0 Å². The first kappa shape index (κ1) is 21.0. The quantitative estimate of drug-likeness (QED) is 0.423. The van der Waals surface area contributed by atoms with E-state index in [0.29, 0.717) is 12.4 Å². The highest BCUT2D eigenvalue weighted by atomic mass is 16.2. The normalized spacial score (nSPS) is 15.9. The maximum absolute atomic E-state index is 13.3. The van der Waals surface area contributed by atoms with Gasteiger partial charge < -0.3 is 4.90 Å². The van der Waals surface area contributed by atoms with Crippen molar-refractivity contribution in [2.75, 3.05) is 13.1 Å². The van der Waals surface area contributed by atoms with Crippen LogP contribution in [0.1, 0.15) is 40.4 Å². The van der Waals surface area contributed by atoms with E-state index in [9.17, 15) is 4.79 Å². The van der Waals surface area contributed by atoms with Gasteiger partial charge in [0.1, 0.15) is 0 Å². The Balaban J connectivity index is 1.52. The summed E-state index contributed by atoms with van der Waals surface area (Å²) in [7, 11) is 0. The molecule has 3 heterocycles. The molecule has 5 nitrogen and oxygen atoms in total. The molecule has 1 atom stereocenters. The van der Waals surface area contributed by atoms with Gasteiger partial charge in [0.25, 0.3) is 5.91 Å². The first-order valence-corrected chi connectivity index (χ1v) is 11.4. The van der Waals surface area contributed by atoms with E-state index in [4.69, 9.17) is 4.98 Å². The lowest BCUT2D eigenvalue weighted by molar-refractivity contribution is 0.0705. The number of aromatic nitrogens is 3. The third-order valence-corrected chi connectivity index (χ3v) is 6.31. The van der Waals surface area contributed by atoms with Gasteiger partial charge in [-0.2, -0.15) is 0 Å². The minimum atomic E-state index is 0.0978. The number of benzene rings is 2. The van der Waals surface area contributed by atoms with E-state index < -0.39 is 0 Å². The molecule has 33 heavy (non-hydrogen) atoms. The van der Waals surface area contributed by atoms with Crippen LogP contribution in [0.25, 0.3) is 22.5 Å². The molecule has 0 aliphatic carbocycles. The van der Waals surface area contributed by atoms with Gasteiger partial charge in [-0.15, -0.1) is 0 Å². The van der Waals surface area contributed by atoms with Gasteiger partial charge >= 0.3 is 0 Å². The Morgan fingerprint density at radius 1 is 0.939 bits per heavy atom. The summed E-state index contributed by atoms with van der Waals surface area (Å²) >= 11 is 0. The maximum Gasteiger partial charge on any atom is 0.254 e. The topological polar surface area (TPSA) is 59.0 Å². The van der Waals surface area contributed by atoms with E-state index in [1.165, 1.54) is 0 Å². The van der Waals surface area contributed by atoms with Gasteiger partial charge in [-0.1, -0.05) is 48.5 Å². The number of amides is 1. The predicted octanol–water partition coefficient (Wildman–Crippen LogP) is 5.53. The molecule has 1 fully saturated rings. The van der Waals surface area contributed by atoms with Crippen LogP contribution >= 0.6 is 0 Å². The molecule has 0 N–H and O–H groups in total. The molecule has 1 aliphatic heterocycles. The van der Waals surface area contributed by atoms with E-state index >= 15 is 0 Å². The van der Waals surface area contributed by atoms with Gasteiger partial charge in [0, 0.05) is 54.3 Å². The highest BCUT2D eigenvalue weighted by molar-refractivity contribution is 5.95. The number of hydrogen-bond acceptors (Lipinski definition) is 4. The average Bonchev–Trinajstić information content (AvgIpc) is 2.89. The SMILES string of the molecule is Cc1ccccc1C(=O)N1CCCC(c2nc(-c3ccccc3)ncc2-c2ccncc2)C1. The minimum absolute atomic E-state index is 0.0978. The van der Waals surface area contributed by atoms with Crippen molar-refractivity contribution in [2.24, 2.45) is 0 Å². The van der Waals surface area contributed by atoms with Crippen LogP contribution in [0, 0.1) is 6.92 Å². The smallest absolute Gasteiger partial charge is 0.254 e. The summed E-state index contributed by atoms with van der Waals surface area (Å²) in [6.45, 7) is 3.41. The lowest BCUT2D eigenvalue weighted by Gasteiger charge is -2.33. The molecule has 2 aromatic heterocycles. The van der Waals surface area contributed by atoms with E-state index in [1.54, 1.807) is 12.4 Å². The molecule has 0 radical (unpaired) electrons. The molecule has 0 saturated carbocycles. The van der Waals surface area contributed by atoms with Gasteiger partial charge in [-0.3, -0.25) is 9.78 Å². The van der Waals surface area contributed by atoms with Crippen molar-refractivity contribution in [3.8, 4) is 22.5 Å². The molecule has 0 bridgehead atoms. The standard InChI is InChI=1S/C28H26N4O/c1-20-8-5-6-12-24(20)28(33)32-17-7-11-23(19-32)26-25(21-13-15-29-16-14-21)18-30-27(31-26)22-9-3-2-4-10-22/h2-6,8-10,12-16,18,23H,7,11,17,19H2,1H3. The molecule has 0 spiro atoms. The molecule has 1 saturated heterocycles. The van der Waals surface area contributed by atoms with Gasteiger partial charge in [0.05, 0.1) is 5.69 Å². The Labute approximate surface area is 194 Å². The number of rotatable bonds is 4. The number of carbonyl (C=O) groups excluding carboxylic acids is 1. The Morgan fingerprint density at radius 3 is 2.48 bits per heavy atom.